The largest absolute Gasteiger partial charge is 0.497 e. The molecule has 1 aromatic carbocycles. The lowest BCUT2D eigenvalue weighted by Crippen LogP contribution is -2.44. The Kier molecular flexibility index (Phi) is 5.15. The number of hydrogen-bond donors (Lipinski definition) is 0. The minimum absolute atomic E-state index is 0.755. The zero-order valence-electron chi connectivity index (χ0n) is 14.1. The maximum Gasteiger partial charge on any atom is 0.131 e. The average molecular weight is 326 g/mol. The van der Waals surface area contributed by atoms with E-state index in [-0.39, 0.29) is 0 Å². The Morgan fingerprint density at radius 1 is 1.04 bits per heavy atom. The maximum absolute atomic E-state index is 5.40. The van der Waals surface area contributed by atoms with Crippen LogP contribution < -0.4 is 14.4 Å². The smallest absolute Gasteiger partial charge is 0.131 e. The normalized spacial score (nSPS) is 14.9. The first kappa shape index (κ1) is 16.1. The summed E-state index contributed by atoms with van der Waals surface area (Å²) in [6, 6.07) is 11.7. The van der Waals surface area contributed by atoms with Crippen molar-refractivity contribution in [3.63, 3.8) is 0 Å². The number of nitrogens with zero attached hydrogens (tertiary/aromatic N) is 4. The van der Waals surface area contributed by atoms with Crippen LogP contribution in [0.4, 0.5) is 5.82 Å². The Balaban J connectivity index is 1.61. The van der Waals surface area contributed by atoms with Crippen LogP contribution in [0.25, 0.3) is 0 Å². The quantitative estimate of drug-likeness (QED) is 0.789. The van der Waals surface area contributed by atoms with Gasteiger partial charge in [-0.15, -0.1) is 0 Å². The summed E-state index contributed by atoms with van der Waals surface area (Å²) in [7, 11) is 3.29. The Morgan fingerprint density at radius 3 is 2.54 bits per heavy atom. The molecule has 24 heavy (non-hydrogen) atoms. The van der Waals surface area contributed by atoms with E-state index in [0.29, 0.717) is 0 Å². The van der Waals surface area contributed by atoms with Crippen LogP contribution in [0.5, 0.6) is 11.5 Å². The van der Waals surface area contributed by atoms with E-state index in [1.165, 1.54) is 0 Å². The van der Waals surface area contributed by atoms with Crippen molar-refractivity contribution in [2.24, 2.45) is 5.10 Å². The van der Waals surface area contributed by atoms with Crippen LogP contribution in [0.2, 0.25) is 0 Å². The highest BCUT2D eigenvalue weighted by Gasteiger charge is 2.16. The number of ether oxygens (including phenoxy) is 2. The van der Waals surface area contributed by atoms with Gasteiger partial charge in [0.1, 0.15) is 17.3 Å². The highest BCUT2D eigenvalue weighted by atomic mass is 16.5. The highest BCUT2D eigenvalue weighted by Crippen LogP contribution is 2.23. The van der Waals surface area contributed by atoms with Crippen molar-refractivity contribution in [1.82, 2.24) is 9.99 Å². The lowest BCUT2D eigenvalue weighted by Gasteiger charge is -2.33. The molecular formula is C18H22N4O2. The van der Waals surface area contributed by atoms with E-state index in [1.807, 2.05) is 48.8 Å². The van der Waals surface area contributed by atoms with Gasteiger partial charge in [-0.3, -0.25) is 5.01 Å². The number of anilines is 1. The maximum atomic E-state index is 5.40. The van der Waals surface area contributed by atoms with E-state index >= 15 is 0 Å². The Labute approximate surface area is 142 Å². The highest BCUT2D eigenvalue weighted by molar-refractivity contribution is 5.83. The third-order valence-corrected chi connectivity index (χ3v) is 4.03. The molecule has 1 aliphatic rings. The van der Waals surface area contributed by atoms with E-state index in [1.54, 1.807) is 14.2 Å². The zero-order valence-corrected chi connectivity index (χ0v) is 14.1. The number of rotatable bonds is 5. The third kappa shape index (κ3) is 3.76. The molecule has 0 unspecified atom stereocenters. The van der Waals surface area contributed by atoms with Gasteiger partial charge in [-0.1, -0.05) is 6.07 Å². The van der Waals surface area contributed by atoms with Crippen molar-refractivity contribution in [2.75, 3.05) is 45.3 Å². The number of hydrazone groups is 1. The van der Waals surface area contributed by atoms with Gasteiger partial charge in [-0.25, -0.2) is 4.98 Å². The molecule has 1 saturated heterocycles. The molecule has 0 atom stereocenters. The summed E-state index contributed by atoms with van der Waals surface area (Å²) in [5.74, 6) is 2.55. The first-order valence-corrected chi connectivity index (χ1v) is 7.97. The molecule has 2 heterocycles. The molecule has 1 aliphatic heterocycles. The third-order valence-electron chi connectivity index (χ3n) is 4.03. The van der Waals surface area contributed by atoms with Crippen LogP contribution >= 0.6 is 0 Å². The van der Waals surface area contributed by atoms with E-state index in [0.717, 1.165) is 49.1 Å². The zero-order chi connectivity index (χ0) is 16.8. The van der Waals surface area contributed by atoms with Crippen molar-refractivity contribution in [2.45, 2.75) is 0 Å². The molecule has 6 nitrogen and oxygen atoms in total. The topological polar surface area (TPSA) is 50.2 Å². The van der Waals surface area contributed by atoms with Crippen LogP contribution in [0.3, 0.4) is 0 Å². The van der Waals surface area contributed by atoms with Gasteiger partial charge >= 0.3 is 0 Å². The van der Waals surface area contributed by atoms with Crippen LogP contribution in [0.15, 0.2) is 47.7 Å². The predicted molar refractivity (Wildman–Crippen MR) is 95.2 cm³/mol. The summed E-state index contributed by atoms with van der Waals surface area (Å²) >= 11 is 0. The number of hydrogen-bond acceptors (Lipinski definition) is 6. The van der Waals surface area contributed by atoms with Gasteiger partial charge in [0.25, 0.3) is 0 Å². The number of pyridine rings is 1. The van der Waals surface area contributed by atoms with Gasteiger partial charge in [0, 0.05) is 30.9 Å². The van der Waals surface area contributed by atoms with Crippen molar-refractivity contribution in [3.05, 3.63) is 48.2 Å². The number of benzene rings is 1. The van der Waals surface area contributed by atoms with Gasteiger partial charge in [-0.2, -0.15) is 5.10 Å². The summed E-state index contributed by atoms with van der Waals surface area (Å²) in [6.07, 6.45) is 3.67. The first-order valence-electron chi connectivity index (χ1n) is 7.97. The SMILES string of the molecule is COc1ccc(/C=N/N2CCN(c3ccccn3)CC2)c(OC)c1. The molecule has 1 fully saturated rings. The second kappa shape index (κ2) is 7.68. The van der Waals surface area contributed by atoms with Crippen molar-refractivity contribution < 1.29 is 9.47 Å². The molecule has 2 aromatic rings. The second-order valence-corrected chi connectivity index (χ2v) is 5.48. The van der Waals surface area contributed by atoms with Crippen LogP contribution in [-0.2, 0) is 0 Å². The molecule has 0 bridgehead atoms. The molecule has 0 aliphatic carbocycles. The van der Waals surface area contributed by atoms with E-state index in [4.69, 9.17) is 9.47 Å². The summed E-state index contributed by atoms with van der Waals surface area (Å²) in [5.41, 5.74) is 0.936. The minimum Gasteiger partial charge on any atom is -0.497 e. The lowest BCUT2D eigenvalue weighted by molar-refractivity contribution is 0.271. The summed E-state index contributed by atoms with van der Waals surface area (Å²) < 4.78 is 10.6. The number of methoxy groups -OCH3 is 2. The Hall–Kier alpha value is -2.76. The monoisotopic (exact) mass is 326 g/mol. The van der Waals surface area contributed by atoms with Gasteiger partial charge in [0.15, 0.2) is 0 Å². The van der Waals surface area contributed by atoms with Crippen molar-refractivity contribution in [3.8, 4) is 11.5 Å². The van der Waals surface area contributed by atoms with Crippen LogP contribution in [0, 0.1) is 0 Å². The molecule has 126 valence electrons. The molecule has 0 radical (unpaired) electrons. The average Bonchev–Trinajstić information content (AvgIpc) is 2.67. The van der Waals surface area contributed by atoms with Gasteiger partial charge in [0.05, 0.1) is 33.5 Å². The standard InChI is InChI=1S/C18H22N4O2/c1-23-16-7-6-15(17(13-16)24-2)14-20-22-11-9-21(10-12-22)18-5-3-4-8-19-18/h3-8,13-14H,9-12H2,1-2H3/b20-14+. The molecule has 0 spiro atoms. The molecule has 3 rings (SSSR count). The molecule has 0 saturated carbocycles. The fourth-order valence-electron chi connectivity index (χ4n) is 2.65. The van der Waals surface area contributed by atoms with Crippen LogP contribution in [0.1, 0.15) is 5.56 Å². The van der Waals surface area contributed by atoms with E-state index in [2.05, 4.69) is 20.0 Å². The predicted octanol–water partition coefficient (Wildman–Crippen LogP) is 2.25. The fourth-order valence-corrected chi connectivity index (χ4v) is 2.65. The Bertz CT molecular complexity index is 683. The van der Waals surface area contributed by atoms with E-state index in [9.17, 15) is 0 Å². The minimum atomic E-state index is 0.755. The van der Waals surface area contributed by atoms with Gasteiger partial charge < -0.3 is 14.4 Å². The van der Waals surface area contributed by atoms with Crippen molar-refractivity contribution in [1.29, 1.82) is 0 Å². The van der Waals surface area contributed by atoms with E-state index < -0.39 is 0 Å². The van der Waals surface area contributed by atoms with Crippen molar-refractivity contribution >= 4 is 12.0 Å². The fraction of sp³-hybridized carbons (Fsp3) is 0.333. The summed E-state index contributed by atoms with van der Waals surface area (Å²) in [5, 5.41) is 6.66. The number of aromatic nitrogens is 1. The lowest BCUT2D eigenvalue weighted by atomic mass is 10.2. The molecule has 1 aromatic heterocycles. The second-order valence-electron chi connectivity index (χ2n) is 5.48. The summed E-state index contributed by atoms with van der Waals surface area (Å²) in [6.45, 7) is 3.55. The molecular weight excluding hydrogens is 304 g/mol. The first-order chi connectivity index (χ1) is 11.8. The van der Waals surface area contributed by atoms with Gasteiger partial charge in [0.2, 0.25) is 0 Å². The Morgan fingerprint density at radius 2 is 1.88 bits per heavy atom. The molecule has 0 N–H and O–H groups in total. The summed E-state index contributed by atoms with van der Waals surface area (Å²) in [4.78, 5) is 6.68. The molecule has 0 amide bonds. The number of piperazine rings is 1. The van der Waals surface area contributed by atoms with Crippen LogP contribution in [-0.4, -0.2) is 56.6 Å². The molecule has 6 heteroatoms. The van der Waals surface area contributed by atoms with Gasteiger partial charge in [-0.05, 0) is 24.3 Å².